The topological polar surface area (TPSA) is 71.5 Å². The number of morpholine rings is 1. The van der Waals surface area contributed by atoms with Gasteiger partial charge in [-0.2, -0.15) is 0 Å². The van der Waals surface area contributed by atoms with Gasteiger partial charge in [-0.05, 0) is 48.0 Å². The zero-order valence-electron chi connectivity index (χ0n) is 19.0. The normalized spacial score (nSPS) is 13.7. The molecule has 1 N–H and O–H groups in total. The molecule has 0 spiro atoms. The van der Waals surface area contributed by atoms with Crippen LogP contribution in [0.25, 0.3) is 10.2 Å². The van der Waals surface area contributed by atoms with Gasteiger partial charge in [0.25, 0.3) is 11.8 Å². The Morgan fingerprint density at radius 3 is 2.58 bits per heavy atom. The maximum absolute atomic E-state index is 13.1. The Labute approximate surface area is 226 Å². The number of nitrogens with one attached hydrogen (secondary N) is 1. The number of halogens is 2. The molecule has 2 heterocycles. The molecule has 1 aliphatic rings. The van der Waals surface area contributed by atoms with Gasteiger partial charge >= 0.3 is 0 Å². The summed E-state index contributed by atoms with van der Waals surface area (Å²) in [7, 11) is 0. The standard InChI is InChI=1S/C26H21Cl2N3O3S2/c27-17-6-5-16(21(28)13-17)15-35-26-30-22-8-7-18(14-23(22)36-26)29-24(32)19-3-1-2-4-20(19)25(33)31-9-11-34-12-10-31/h1-8,13-14H,9-12,15H2,(H,29,32). The third kappa shape index (κ3) is 5.68. The van der Waals surface area contributed by atoms with Crippen molar-refractivity contribution in [3.8, 4) is 0 Å². The second-order valence-corrected chi connectivity index (χ2v) is 11.2. The first-order valence-corrected chi connectivity index (χ1v) is 13.8. The van der Waals surface area contributed by atoms with E-state index in [1.54, 1.807) is 58.3 Å². The van der Waals surface area contributed by atoms with Gasteiger partial charge in [0.15, 0.2) is 4.34 Å². The number of hydrogen-bond acceptors (Lipinski definition) is 6. The molecule has 2 amide bonds. The van der Waals surface area contributed by atoms with Crippen LogP contribution in [0.1, 0.15) is 26.3 Å². The molecule has 36 heavy (non-hydrogen) atoms. The van der Waals surface area contributed by atoms with Crippen molar-refractivity contribution in [3.63, 3.8) is 0 Å². The van der Waals surface area contributed by atoms with Crippen molar-refractivity contribution < 1.29 is 14.3 Å². The highest BCUT2D eigenvalue weighted by atomic mass is 35.5. The minimum absolute atomic E-state index is 0.163. The average molecular weight is 559 g/mol. The summed E-state index contributed by atoms with van der Waals surface area (Å²) in [5.41, 5.74) is 3.21. The Balaban J connectivity index is 1.30. The number of thioether (sulfide) groups is 1. The van der Waals surface area contributed by atoms with E-state index in [1.807, 2.05) is 30.3 Å². The SMILES string of the molecule is O=C(Nc1ccc2nc(SCc3ccc(Cl)cc3Cl)sc2c1)c1ccccc1C(=O)N1CCOCC1. The van der Waals surface area contributed by atoms with Gasteiger partial charge in [-0.3, -0.25) is 9.59 Å². The fourth-order valence-electron chi connectivity index (χ4n) is 3.82. The molecule has 6 nitrogen and oxygen atoms in total. The number of nitrogens with zero attached hydrogens (tertiary/aromatic N) is 2. The molecule has 184 valence electrons. The number of fused-ring (bicyclic) bond motifs is 1. The van der Waals surface area contributed by atoms with Crippen molar-refractivity contribution in [2.24, 2.45) is 0 Å². The molecule has 3 aromatic carbocycles. The van der Waals surface area contributed by atoms with E-state index in [0.29, 0.717) is 58.9 Å². The smallest absolute Gasteiger partial charge is 0.256 e. The molecule has 0 radical (unpaired) electrons. The highest BCUT2D eigenvalue weighted by molar-refractivity contribution is 8.00. The number of carbonyl (C=O) groups excluding carboxylic acids is 2. The maximum Gasteiger partial charge on any atom is 0.256 e. The van der Waals surface area contributed by atoms with Crippen LogP contribution in [0.15, 0.2) is 65.0 Å². The molecule has 0 saturated carbocycles. The predicted molar refractivity (Wildman–Crippen MR) is 147 cm³/mol. The van der Waals surface area contributed by atoms with Crippen molar-refractivity contribution >= 4 is 74.0 Å². The molecule has 5 rings (SSSR count). The molecule has 1 fully saturated rings. The number of hydrogen-bond donors (Lipinski definition) is 1. The van der Waals surface area contributed by atoms with Gasteiger partial charge in [-0.1, -0.05) is 53.2 Å². The number of amides is 2. The molecule has 0 atom stereocenters. The van der Waals surface area contributed by atoms with Crippen LogP contribution in [0.5, 0.6) is 0 Å². The maximum atomic E-state index is 13.1. The Morgan fingerprint density at radius 1 is 1.03 bits per heavy atom. The molecule has 1 saturated heterocycles. The van der Waals surface area contributed by atoms with Gasteiger partial charge in [0.1, 0.15) is 0 Å². The summed E-state index contributed by atoms with van der Waals surface area (Å²) in [6.07, 6.45) is 0. The Kier molecular flexibility index (Phi) is 7.79. The van der Waals surface area contributed by atoms with Gasteiger partial charge in [0.2, 0.25) is 0 Å². The highest BCUT2D eigenvalue weighted by Gasteiger charge is 2.23. The molecule has 1 aromatic heterocycles. The second-order valence-electron chi connectivity index (χ2n) is 8.09. The van der Waals surface area contributed by atoms with Gasteiger partial charge in [0, 0.05) is 34.6 Å². The molecule has 1 aliphatic heterocycles. The monoisotopic (exact) mass is 557 g/mol. The summed E-state index contributed by atoms with van der Waals surface area (Å²) in [5, 5.41) is 4.18. The van der Waals surface area contributed by atoms with Crippen LogP contribution >= 0.6 is 46.3 Å². The summed E-state index contributed by atoms with van der Waals surface area (Å²) >= 11 is 15.4. The summed E-state index contributed by atoms with van der Waals surface area (Å²) < 4.78 is 7.19. The number of rotatable bonds is 6. The van der Waals surface area contributed by atoms with E-state index in [2.05, 4.69) is 10.3 Å². The zero-order valence-corrected chi connectivity index (χ0v) is 22.1. The third-order valence-corrected chi connectivity index (χ3v) is 8.49. The Bertz CT molecular complexity index is 1440. The van der Waals surface area contributed by atoms with E-state index >= 15 is 0 Å². The first-order chi connectivity index (χ1) is 17.5. The minimum Gasteiger partial charge on any atom is -0.378 e. The van der Waals surface area contributed by atoms with Crippen LogP contribution in [0.4, 0.5) is 5.69 Å². The van der Waals surface area contributed by atoms with Crippen molar-refractivity contribution in [2.75, 3.05) is 31.6 Å². The minimum atomic E-state index is -0.331. The second kappa shape index (κ2) is 11.2. The van der Waals surface area contributed by atoms with Crippen LogP contribution in [0.3, 0.4) is 0 Å². The third-order valence-electron chi connectivity index (χ3n) is 5.69. The molecule has 0 unspecified atom stereocenters. The predicted octanol–water partition coefficient (Wildman–Crippen LogP) is 6.62. The van der Waals surface area contributed by atoms with E-state index in [-0.39, 0.29) is 11.8 Å². The van der Waals surface area contributed by atoms with Crippen molar-refractivity contribution in [1.82, 2.24) is 9.88 Å². The number of thiazole rings is 1. The van der Waals surface area contributed by atoms with Crippen LogP contribution in [0.2, 0.25) is 10.0 Å². The van der Waals surface area contributed by atoms with Crippen molar-refractivity contribution in [1.29, 1.82) is 0 Å². The largest absolute Gasteiger partial charge is 0.378 e. The first-order valence-electron chi connectivity index (χ1n) is 11.2. The molecular formula is C26H21Cl2N3O3S2. The van der Waals surface area contributed by atoms with E-state index in [4.69, 9.17) is 27.9 Å². The zero-order chi connectivity index (χ0) is 25.1. The Hall–Kier alpha value is -2.62. The van der Waals surface area contributed by atoms with E-state index in [9.17, 15) is 9.59 Å². The van der Waals surface area contributed by atoms with Gasteiger partial charge < -0.3 is 15.0 Å². The fourth-order valence-corrected chi connectivity index (χ4v) is 6.49. The van der Waals surface area contributed by atoms with Crippen LogP contribution < -0.4 is 5.32 Å². The number of aromatic nitrogens is 1. The first kappa shape index (κ1) is 25.0. The van der Waals surface area contributed by atoms with Gasteiger partial charge in [-0.15, -0.1) is 11.3 Å². The summed E-state index contributed by atoms with van der Waals surface area (Å²) in [5.74, 6) is 0.181. The van der Waals surface area contributed by atoms with E-state index < -0.39 is 0 Å². The Morgan fingerprint density at radius 2 is 1.81 bits per heavy atom. The van der Waals surface area contributed by atoms with E-state index in [1.165, 1.54) is 0 Å². The lowest BCUT2D eigenvalue weighted by Crippen LogP contribution is -2.41. The van der Waals surface area contributed by atoms with Crippen LogP contribution in [-0.2, 0) is 10.5 Å². The number of carbonyl (C=O) groups is 2. The highest BCUT2D eigenvalue weighted by Crippen LogP contribution is 2.34. The molecule has 4 aromatic rings. The molecular weight excluding hydrogens is 537 g/mol. The summed E-state index contributed by atoms with van der Waals surface area (Å²) in [4.78, 5) is 32.6. The number of benzene rings is 3. The quantitative estimate of drug-likeness (QED) is 0.270. The summed E-state index contributed by atoms with van der Waals surface area (Å²) in [6.45, 7) is 2.03. The average Bonchev–Trinajstić information content (AvgIpc) is 3.30. The lowest BCUT2D eigenvalue weighted by Gasteiger charge is -2.27. The number of anilines is 1. The number of ether oxygens (including phenoxy) is 1. The van der Waals surface area contributed by atoms with Crippen molar-refractivity contribution in [2.45, 2.75) is 10.1 Å². The van der Waals surface area contributed by atoms with Gasteiger partial charge in [-0.25, -0.2) is 4.98 Å². The molecule has 10 heteroatoms. The van der Waals surface area contributed by atoms with Gasteiger partial charge in [0.05, 0.1) is 34.6 Å². The fraction of sp³-hybridized carbons (Fsp3) is 0.192. The summed E-state index contributed by atoms with van der Waals surface area (Å²) in [6, 6.07) is 18.0. The lowest BCUT2D eigenvalue weighted by atomic mass is 10.0. The van der Waals surface area contributed by atoms with Crippen molar-refractivity contribution in [3.05, 3.63) is 87.4 Å². The van der Waals surface area contributed by atoms with Crippen LogP contribution in [-0.4, -0.2) is 48.0 Å². The molecule has 0 bridgehead atoms. The van der Waals surface area contributed by atoms with E-state index in [0.717, 1.165) is 20.1 Å². The van der Waals surface area contributed by atoms with Crippen LogP contribution in [0, 0.1) is 0 Å². The molecule has 0 aliphatic carbocycles. The lowest BCUT2D eigenvalue weighted by molar-refractivity contribution is 0.0302.